The summed E-state index contributed by atoms with van der Waals surface area (Å²) in [5.74, 6) is 2.67. The third-order valence-corrected chi connectivity index (χ3v) is 2.84. The van der Waals surface area contributed by atoms with Gasteiger partial charge in [0, 0.05) is 23.1 Å². The van der Waals surface area contributed by atoms with Gasteiger partial charge in [0.05, 0.1) is 5.69 Å². The summed E-state index contributed by atoms with van der Waals surface area (Å²) in [6.45, 7) is 3.05. The molecular weight excluding hydrogens is 264 g/mol. The Labute approximate surface area is 106 Å². The van der Waals surface area contributed by atoms with Crippen LogP contribution in [0.25, 0.3) is 0 Å². The van der Waals surface area contributed by atoms with Crippen molar-refractivity contribution in [2.24, 2.45) is 0 Å². The molecule has 1 unspecified atom stereocenters. The molecule has 1 N–H and O–H groups in total. The van der Waals surface area contributed by atoms with Gasteiger partial charge in [-0.3, -0.25) is 4.98 Å². The predicted octanol–water partition coefficient (Wildman–Crippen LogP) is 3.30. The molecule has 2 nitrogen and oxygen atoms in total. The summed E-state index contributed by atoms with van der Waals surface area (Å²) >= 11 is 3.39. The van der Waals surface area contributed by atoms with Gasteiger partial charge in [0.2, 0.25) is 0 Å². The van der Waals surface area contributed by atoms with Crippen LogP contribution in [-0.2, 0) is 0 Å². The molecule has 1 aromatic rings. The van der Waals surface area contributed by atoms with Gasteiger partial charge < -0.3 is 5.32 Å². The molecule has 1 aromatic heterocycles. The highest BCUT2D eigenvalue weighted by atomic mass is 79.9. The van der Waals surface area contributed by atoms with Crippen molar-refractivity contribution in [3.63, 3.8) is 0 Å². The van der Waals surface area contributed by atoms with Gasteiger partial charge in [0.15, 0.2) is 0 Å². The molecular formula is C13H17BrN2. The number of hydrogen-bond acceptors (Lipinski definition) is 2. The Morgan fingerprint density at radius 3 is 2.94 bits per heavy atom. The molecule has 0 radical (unpaired) electrons. The molecule has 0 bridgehead atoms. The van der Waals surface area contributed by atoms with Crippen molar-refractivity contribution >= 4 is 15.9 Å². The minimum atomic E-state index is 0.312. The molecule has 0 aliphatic heterocycles. The zero-order valence-corrected chi connectivity index (χ0v) is 11.1. The van der Waals surface area contributed by atoms with Gasteiger partial charge in [-0.05, 0) is 47.4 Å². The molecule has 1 rings (SSSR count). The van der Waals surface area contributed by atoms with E-state index in [9.17, 15) is 0 Å². The van der Waals surface area contributed by atoms with Gasteiger partial charge in [0.25, 0.3) is 0 Å². The van der Waals surface area contributed by atoms with Crippen molar-refractivity contribution in [2.75, 3.05) is 6.54 Å². The highest BCUT2D eigenvalue weighted by molar-refractivity contribution is 9.10. The summed E-state index contributed by atoms with van der Waals surface area (Å²) in [6.07, 6.45) is 9.99. The third-order valence-electron chi connectivity index (χ3n) is 2.37. The molecule has 0 aliphatic rings. The Morgan fingerprint density at radius 1 is 1.56 bits per heavy atom. The van der Waals surface area contributed by atoms with E-state index in [-0.39, 0.29) is 0 Å². The average molecular weight is 281 g/mol. The second-order valence-corrected chi connectivity index (χ2v) is 4.52. The van der Waals surface area contributed by atoms with E-state index in [4.69, 9.17) is 6.42 Å². The number of aromatic nitrogens is 1. The molecule has 86 valence electrons. The van der Waals surface area contributed by atoms with Crippen LogP contribution in [0.4, 0.5) is 0 Å². The van der Waals surface area contributed by atoms with E-state index >= 15 is 0 Å². The fourth-order valence-corrected chi connectivity index (χ4v) is 1.84. The first-order chi connectivity index (χ1) is 7.77. The van der Waals surface area contributed by atoms with Gasteiger partial charge in [-0.1, -0.05) is 6.92 Å². The molecule has 0 saturated heterocycles. The smallest absolute Gasteiger partial charge is 0.0574 e. The monoisotopic (exact) mass is 280 g/mol. The average Bonchev–Trinajstić information content (AvgIpc) is 2.29. The molecule has 0 saturated carbocycles. The van der Waals surface area contributed by atoms with Crippen molar-refractivity contribution in [3.8, 4) is 12.3 Å². The van der Waals surface area contributed by atoms with Crippen molar-refractivity contribution in [1.82, 2.24) is 10.3 Å². The first-order valence-corrected chi connectivity index (χ1v) is 6.35. The Bertz CT molecular complexity index is 340. The maximum absolute atomic E-state index is 5.26. The van der Waals surface area contributed by atoms with Crippen LogP contribution in [-0.4, -0.2) is 11.5 Å². The summed E-state index contributed by atoms with van der Waals surface area (Å²) in [6, 6.07) is 4.38. The zero-order valence-electron chi connectivity index (χ0n) is 9.54. The summed E-state index contributed by atoms with van der Waals surface area (Å²) in [4.78, 5) is 4.41. The summed E-state index contributed by atoms with van der Waals surface area (Å²) < 4.78 is 1.01. The third kappa shape index (κ3) is 4.34. The van der Waals surface area contributed by atoms with Crippen molar-refractivity contribution in [3.05, 3.63) is 28.5 Å². The van der Waals surface area contributed by atoms with E-state index in [0.29, 0.717) is 6.04 Å². The molecule has 16 heavy (non-hydrogen) atoms. The molecule has 1 heterocycles. The van der Waals surface area contributed by atoms with Crippen molar-refractivity contribution in [1.29, 1.82) is 0 Å². The predicted molar refractivity (Wildman–Crippen MR) is 71.0 cm³/mol. The minimum absolute atomic E-state index is 0.312. The fourth-order valence-electron chi connectivity index (χ4n) is 1.60. The first-order valence-electron chi connectivity index (χ1n) is 5.56. The quantitative estimate of drug-likeness (QED) is 0.639. The maximum Gasteiger partial charge on any atom is 0.0574 e. The van der Waals surface area contributed by atoms with Crippen LogP contribution in [0.5, 0.6) is 0 Å². The van der Waals surface area contributed by atoms with E-state index in [1.165, 1.54) is 0 Å². The lowest BCUT2D eigenvalue weighted by Crippen LogP contribution is -2.21. The van der Waals surface area contributed by atoms with Gasteiger partial charge >= 0.3 is 0 Å². The van der Waals surface area contributed by atoms with Crippen LogP contribution in [0, 0.1) is 12.3 Å². The van der Waals surface area contributed by atoms with Crippen molar-refractivity contribution < 1.29 is 0 Å². The van der Waals surface area contributed by atoms with Gasteiger partial charge in [0.1, 0.15) is 0 Å². The molecule has 0 amide bonds. The largest absolute Gasteiger partial charge is 0.309 e. The van der Waals surface area contributed by atoms with Crippen LogP contribution >= 0.6 is 15.9 Å². The van der Waals surface area contributed by atoms with Crippen molar-refractivity contribution in [2.45, 2.75) is 32.2 Å². The van der Waals surface area contributed by atoms with Crippen LogP contribution in [0.15, 0.2) is 22.8 Å². The van der Waals surface area contributed by atoms with Gasteiger partial charge in [-0.2, -0.15) is 0 Å². The summed E-state index contributed by atoms with van der Waals surface area (Å²) in [5.41, 5.74) is 1.09. The van der Waals surface area contributed by atoms with E-state index in [1.54, 1.807) is 0 Å². The number of nitrogens with one attached hydrogen (secondary N) is 1. The molecule has 0 fully saturated rings. The lowest BCUT2D eigenvalue weighted by Gasteiger charge is -2.16. The number of hydrogen-bond donors (Lipinski definition) is 1. The van der Waals surface area contributed by atoms with Crippen LogP contribution in [0.1, 0.15) is 37.9 Å². The lowest BCUT2D eigenvalue weighted by atomic mass is 10.1. The normalized spacial score (nSPS) is 12.1. The molecule has 0 aromatic carbocycles. The number of nitrogens with zero attached hydrogens (tertiary/aromatic N) is 1. The highest BCUT2D eigenvalue weighted by Gasteiger charge is 2.10. The van der Waals surface area contributed by atoms with Crippen LogP contribution in [0.2, 0.25) is 0 Å². The van der Waals surface area contributed by atoms with Gasteiger partial charge in [-0.15, -0.1) is 12.3 Å². The zero-order chi connectivity index (χ0) is 11.8. The number of terminal acetylenes is 1. The first kappa shape index (κ1) is 13.2. The van der Waals surface area contributed by atoms with E-state index in [0.717, 1.165) is 36.0 Å². The maximum atomic E-state index is 5.26. The number of pyridine rings is 1. The second-order valence-electron chi connectivity index (χ2n) is 3.61. The Morgan fingerprint density at radius 2 is 2.38 bits per heavy atom. The number of unbranched alkanes of at least 4 members (excludes halogenated alkanes) is 1. The summed E-state index contributed by atoms with van der Waals surface area (Å²) in [7, 11) is 0. The number of halogens is 1. The topological polar surface area (TPSA) is 24.9 Å². The Balaban J connectivity index is 2.62. The van der Waals surface area contributed by atoms with Crippen LogP contribution in [0.3, 0.4) is 0 Å². The molecule has 1 atom stereocenters. The number of rotatable bonds is 6. The standard InChI is InChI=1S/C13H17BrN2/c1-3-5-6-7-12(15-4-2)13-9-8-11(14)10-16-13/h1,8-10,12,15H,4-7H2,2H3. The van der Waals surface area contributed by atoms with E-state index in [1.807, 2.05) is 18.3 Å². The van der Waals surface area contributed by atoms with E-state index in [2.05, 4.69) is 39.1 Å². The Hall–Kier alpha value is -0.850. The lowest BCUT2D eigenvalue weighted by molar-refractivity contribution is 0.491. The highest BCUT2D eigenvalue weighted by Crippen LogP contribution is 2.18. The minimum Gasteiger partial charge on any atom is -0.309 e. The van der Waals surface area contributed by atoms with E-state index < -0.39 is 0 Å². The van der Waals surface area contributed by atoms with Gasteiger partial charge in [-0.25, -0.2) is 0 Å². The fraction of sp³-hybridized carbons (Fsp3) is 0.462. The molecule has 0 aliphatic carbocycles. The Kier molecular flexibility index (Phi) is 6.14. The second kappa shape index (κ2) is 7.43. The molecule has 3 heteroatoms. The SMILES string of the molecule is C#CCCCC(NCC)c1ccc(Br)cn1. The van der Waals surface area contributed by atoms with Crippen LogP contribution < -0.4 is 5.32 Å². The summed E-state index contributed by atoms with van der Waals surface area (Å²) in [5, 5.41) is 3.43. The molecule has 0 spiro atoms.